The lowest BCUT2D eigenvalue weighted by Crippen LogP contribution is -1.96. The van der Waals surface area contributed by atoms with Crippen LogP contribution in [0.1, 0.15) is 18.6 Å². The summed E-state index contributed by atoms with van der Waals surface area (Å²) in [7, 11) is 0. The fraction of sp³-hybridized carbons (Fsp3) is 0.222. The Kier molecular flexibility index (Phi) is 2.24. The number of aliphatic hydroxyl groups excluding tert-OH is 1. The van der Waals surface area contributed by atoms with Crippen LogP contribution in [0.25, 0.3) is 5.69 Å². The summed E-state index contributed by atoms with van der Waals surface area (Å²) in [6, 6.07) is 7.42. The molecule has 1 heterocycles. The maximum atomic E-state index is 9.30. The van der Waals surface area contributed by atoms with Crippen molar-refractivity contribution in [1.29, 1.82) is 0 Å². The lowest BCUT2D eigenvalue weighted by molar-refractivity contribution is 0.199. The molecule has 0 radical (unpaired) electrons. The molecule has 1 aromatic heterocycles. The van der Waals surface area contributed by atoms with Crippen molar-refractivity contribution in [3.05, 3.63) is 36.2 Å². The van der Waals surface area contributed by atoms with Gasteiger partial charge in [-0.1, -0.05) is 12.1 Å². The molecule has 72 valence electrons. The van der Waals surface area contributed by atoms with Gasteiger partial charge in [-0.25, -0.2) is 4.68 Å². The Morgan fingerprint density at radius 1 is 1.29 bits per heavy atom. The van der Waals surface area contributed by atoms with Gasteiger partial charge in [0.05, 0.1) is 11.8 Å². The summed E-state index contributed by atoms with van der Waals surface area (Å²) in [5, 5.41) is 20.1. The predicted octanol–water partition coefficient (Wildman–Crippen LogP) is 0.716. The molecule has 1 N–H and O–H groups in total. The first kappa shape index (κ1) is 8.83. The standard InChI is InChI=1S/C9H10N4O/c1-7(14)8-2-4-9(5-3-8)13-6-10-11-12-13/h2-7,14H,1H3/t7-/m1/s1. The van der Waals surface area contributed by atoms with E-state index in [1.807, 2.05) is 24.3 Å². The van der Waals surface area contributed by atoms with E-state index >= 15 is 0 Å². The number of nitrogens with zero attached hydrogens (tertiary/aromatic N) is 4. The molecule has 1 atom stereocenters. The first-order valence-corrected chi connectivity index (χ1v) is 4.29. The van der Waals surface area contributed by atoms with Gasteiger partial charge in [0, 0.05) is 0 Å². The van der Waals surface area contributed by atoms with Crippen molar-refractivity contribution in [2.45, 2.75) is 13.0 Å². The first-order valence-electron chi connectivity index (χ1n) is 4.29. The van der Waals surface area contributed by atoms with Crippen molar-refractivity contribution in [3.8, 4) is 5.69 Å². The van der Waals surface area contributed by atoms with Crippen LogP contribution in [-0.4, -0.2) is 25.3 Å². The van der Waals surface area contributed by atoms with E-state index in [4.69, 9.17) is 0 Å². The van der Waals surface area contributed by atoms with Gasteiger partial charge in [0.15, 0.2) is 0 Å². The highest BCUT2D eigenvalue weighted by atomic mass is 16.3. The van der Waals surface area contributed by atoms with Gasteiger partial charge in [-0.3, -0.25) is 0 Å². The average Bonchev–Trinajstić information content (AvgIpc) is 2.71. The van der Waals surface area contributed by atoms with E-state index in [2.05, 4.69) is 15.5 Å². The summed E-state index contributed by atoms with van der Waals surface area (Å²) in [4.78, 5) is 0. The van der Waals surface area contributed by atoms with E-state index in [1.54, 1.807) is 11.6 Å². The van der Waals surface area contributed by atoms with Gasteiger partial charge in [0.1, 0.15) is 6.33 Å². The normalized spacial score (nSPS) is 12.7. The Hall–Kier alpha value is -1.75. The zero-order valence-electron chi connectivity index (χ0n) is 7.70. The average molecular weight is 190 g/mol. The SMILES string of the molecule is C[C@@H](O)c1ccc(-n2cnnn2)cc1. The zero-order valence-corrected chi connectivity index (χ0v) is 7.70. The molecular formula is C9H10N4O. The number of aliphatic hydroxyl groups is 1. The molecule has 0 fully saturated rings. The molecule has 1 aromatic carbocycles. The van der Waals surface area contributed by atoms with E-state index in [0.717, 1.165) is 11.3 Å². The number of rotatable bonds is 2. The van der Waals surface area contributed by atoms with Crippen molar-refractivity contribution in [1.82, 2.24) is 20.2 Å². The van der Waals surface area contributed by atoms with Gasteiger partial charge >= 0.3 is 0 Å². The minimum absolute atomic E-state index is 0.446. The third kappa shape index (κ3) is 1.62. The smallest absolute Gasteiger partial charge is 0.143 e. The van der Waals surface area contributed by atoms with Crippen LogP contribution in [0, 0.1) is 0 Å². The molecule has 0 saturated carbocycles. The largest absolute Gasteiger partial charge is 0.389 e. The van der Waals surface area contributed by atoms with Crippen molar-refractivity contribution >= 4 is 0 Å². The number of benzene rings is 1. The molecule has 0 aliphatic carbocycles. The molecule has 5 heteroatoms. The second kappa shape index (κ2) is 3.55. The summed E-state index contributed by atoms with van der Waals surface area (Å²) in [6.45, 7) is 1.73. The number of aromatic nitrogens is 4. The number of tetrazole rings is 1. The van der Waals surface area contributed by atoms with Gasteiger partial charge in [-0.05, 0) is 35.0 Å². The molecule has 0 spiro atoms. The molecule has 2 rings (SSSR count). The summed E-state index contributed by atoms with van der Waals surface area (Å²) >= 11 is 0. The van der Waals surface area contributed by atoms with Crippen LogP contribution in [-0.2, 0) is 0 Å². The third-order valence-electron chi connectivity index (χ3n) is 1.99. The highest BCUT2D eigenvalue weighted by Gasteiger charge is 2.01. The van der Waals surface area contributed by atoms with E-state index in [0.29, 0.717) is 0 Å². The summed E-state index contributed by atoms with van der Waals surface area (Å²) in [6.07, 6.45) is 1.08. The molecule has 0 bridgehead atoms. The van der Waals surface area contributed by atoms with Crippen LogP contribution >= 0.6 is 0 Å². The summed E-state index contributed by atoms with van der Waals surface area (Å²) in [5.41, 5.74) is 1.75. The van der Waals surface area contributed by atoms with Gasteiger partial charge < -0.3 is 5.11 Å². The minimum Gasteiger partial charge on any atom is -0.389 e. The quantitative estimate of drug-likeness (QED) is 0.757. The third-order valence-corrected chi connectivity index (χ3v) is 1.99. The number of hydrogen-bond acceptors (Lipinski definition) is 4. The molecule has 0 aliphatic rings. The monoisotopic (exact) mass is 190 g/mol. The van der Waals surface area contributed by atoms with Crippen LogP contribution in [0.15, 0.2) is 30.6 Å². The van der Waals surface area contributed by atoms with Crippen molar-refractivity contribution in [3.63, 3.8) is 0 Å². The Morgan fingerprint density at radius 2 is 2.00 bits per heavy atom. The lowest BCUT2D eigenvalue weighted by atomic mass is 10.1. The van der Waals surface area contributed by atoms with E-state index in [-0.39, 0.29) is 0 Å². The van der Waals surface area contributed by atoms with Crippen LogP contribution in [0.3, 0.4) is 0 Å². The summed E-state index contributed by atoms with van der Waals surface area (Å²) < 4.78 is 1.56. The molecule has 14 heavy (non-hydrogen) atoms. The van der Waals surface area contributed by atoms with Gasteiger partial charge in [-0.15, -0.1) is 5.10 Å². The zero-order chi connectivity index (χ0) is 9.97. The second-order valence-corrected chi connectivity index (χ2v) is 3.02. The van der Waals surface area contributed by atoms with Crippen molar-refractivity contribution in [2.75, 3.05) is 0 Å². The van der Waals surface area contributed by atoms with E-state index in [1.165, 1.54) is 6.33 Å². The molecule has 0 aliphatic heterocycles. The van der Waals surface area contributed by atoms with Crippen LogP contribution in [0.2, 0.25) is 0 Å². The van der Waals surface area contributed by atoms with Crippen molar-refractivity contribution < 1.29 is 5.11 Å². The minimum atomic E-state index is -0.446. The van der Waals surface area contributed by atoms with Gasteiger partial charge in [0.25, 0.3) is 0 Å². The molecule has 5 nitrogen and oxygen atoms in total. The highest BCUT2D eigenvalue weighted by Crippen LogP contribution is 2.13. The van der Waals surface area contributed by atoms with E-state index < -0.39 is 6.10 Å². The number of hydrogen-bond donors (Lipinski definition) is 1. The topological polar surface area (TPSA) is 63.8 Å². The summed E-state index contributed by atoms with van der Waals surface area (Å²) in [5.74, 6) is 0. The predicted molar refractivity (Wildman–Crippen MR) is 49.8 cm³/mol. The second-order valence-electron chi connectivity index (χ2n) is 3.02. The van der Waals surface area contributed by atoms with Crippen molar-refractivity contribution in [2.24, 2.45) is 0 Å². The lowest BCUT2D eigenvalue weighted by Gasteiger charge is -2.05. The molecular weight excluding hydrogens is 180 g/mol. The first-order chi connectivity index (χ1) is 6.77. The Bertz CT molecular complexity index is 393. The highest BCUT2D eigenvalue weighted by molar-refractivity contribution is 5.33. The Balaban J connectivity index is 2.31. The van der Waals surface area contributed by atoms with Gasteiger partial charge in [-0.2, -0.15) is 0 Å². The molecule has 0 unspecified atom stereocenters. The van der Waals surface area contributed by atoms with Gasteiger partial charge in [0.2, 0.25) is 0 Å². The molecule has 0 amide bonds. The van der Waals surface area contributed by atoms with E-state index in [9.17, 15) is 5.11 Å². The van der Waals surface area contributed by atoms with Crippen LogP contribution < -0.4 is 0 Å². The fourth-order valence-electron chi connectivity index (χ4n) is 1.19. The maximum Gasteiger partial charge on any atom is 0.143 e. The maximum absolute atomic E-state index is 9.30. The Morgan fingerprint density at radius 3 is 2.50 bits per heavy atom. The molecule has 0 saturated heterocycles. The van der Waals surface area contributed by atoms with Crippen LogP contribution in [0.5, 0.6) is 0 Å². The Labute approximate surface area is 81.0 Å². The molecule has 2 aromatic rings. The van der Waals surface area contributed by atoms with Crippen LogP contribution in [0.4, 0.5) is 0 Å². The fourth-order valence-corrected chi connectivity index (χ4v) is 1.19.